The number of nitrogen functional groups attached to an aromatic ring is 1. The van der Waals surface area contributed by atoms with E-state index in [4.69, 9.17) is 5.73 Å². The largest absolute Gasteiger partial charge is 0.398 e. The van der Waals surface area contributed by atoms with E-state index in [1.54, 1.807) is 12.1 Å². The molecule has 26 heavy (non-hydrogen) atoms. The van der Waals surface area contributed by atoms with Gasteiger partial charge < -0.3 is 16.0 Å². The van der Waals surface area contributed by atoms with E-state index in [0.29, 0.717) is 5.69 Å². The van der Waals surface area contributed by atoms with Gasteiger partial charge in [-0.15, -0.1) is 12.4 Å². The van der Waals surface area contributed by atoms with Crippen LogP contribution in [0.4, 0.5) is 22.7 Å². The van der Waals surface area contributed by atoms with Crippen LogP contribution in [0.1, 0.15) is 18.9 Å². The van der Waals surface area contributed by atoms with Gasteiger partial charge in [0, 0.05) is 35.7 Å². The quantitative estimate of drug-likeness (QED) is 0.484. The minimum absolute atomic E-state index is 0. The van der Waals surface area contributed by atoms with E-state index >= 15 is 0 Å². The molecule has 0 saturated carbocycles. The number of nitro benzene ring substituents is 1. The van der Waals surface area contributed by atoms with Gasteiger partial charge in [0.2, 0.25) is 5.91 Å². The molecule has 138 valence electrons. The molecule has 2 aromatic rings. The van der Waals surface area contributed by atoms with Gasteiger partial charge in [-0.1, -0.05) is 12.1 Å². The zero-order chi connectivity index (χ0) is 18.0. The second kappa shape index (κ2) is 8.05. The Hall–Kier alpha value is -2.80. The van der Waals surface area contributed by atoms with Gasteiger partial charge in [0.15, 0.2) is 0 Å². The summed E-state index contributed by atoms with van der Waals surface area (Å²) in [4.78, 5) is 25.0. The second-order valence-electron chi connectivity index (χ2n) is 6.11. The van der Waals surface area contributed by atoms with Crippen LogP contribution >= 0.6 is 12.4 Å². The van der Waals surface area contributed by atoms with Crippen molar-refractivity contribution >= 4 is 41.1 Å². The second-order valence-corrected chi connectivity index (χ2v) is 6.11. The predicted molar refractivity (Wildman–Crippen MR) is 105 cm³/mol. The summed E-state index contributed by atoms with van der Waals surface area (Å²) in [7, 11) is 0. The highest BCUT2D eigenvalue weighted by Gasteiger charge is 2.27. The summed E-state index contributed by atoms with van der Waals surface area (Å²) in [6.45, 7) is 2.59. The molecule has 1 unspecified atom stereocenters. The number of anilines is 3. The Morgan fingerprint density at radius 3 is 2.77 bits per heavy atom. The van der Waals surface area contributed by atoms with Crippen LogP contribution in [0.5, 0.6) is 0 Å². The third-order valence-corrected chi connectivity index (χ3v) is 4.49. The highest BCUT2D eigenvalue weighted by molar-refractivity contribution is 5.97. The number of nitrogens with zero attached hydrogens (tertiary/aromatic N) is 2. The number of nitro groups is 1. The summed E-state index contributed by atoms with van der Waals surface area (Å²) in [5.41, 5.74) is 9.21. The lowest BCUT2D eigenvalue weighted by Gasteiger charge is -2.36. The van der Waals surface area contributed by atoms with Crippen LogP contribution in [0.2, 0.25) is 0 Å². The number of rotatable bonds is 4. The lowest BCUT2D eigenvalue weighted by molar-refractivity contribution is -0.384. The molecule has 3 N–H and O–H groups in total. The Kier molecular flexibility index (Phi) is 6.05. The van der Waals surface area contributed by atoms with Crippen molar-refractivity contribution in [3.63, 3.8) is 0 Å². The SMILES string of the molecule is CC(C(=O)Nc1cccc([N+](=O)[O-])c1)N1CCCc2c(N)cccc21.Cl. The number of amides is 1. The Labute approximate surface area is 157 Å². The minimum atomic E-state index is -0.483. The molecule has 7 nitrogen and oxygen atoms in total. The van der Waals surface area contributed by atoms with Crippen LogP contribution in [0, 0.1) is 10.1 Å². The highest BCUT2D eigenvalue weighted by Crippen LogP contribution is 2.32. The first-order valence-electron chi connectivity index (χ1n) is 8.16. The van der Waals surface area contributed by atoms with Crippen molar-refractivity contribution in [1.82, 2.24) is 0 Å². The molecule has 1 atom stereocenters. The Morgan fingerprint density at radius 1 is 1.31 bits per heavy atom. The number of nitrogens with one attached hydrogen (secondary N) is 1. The van der Waals surface area contributed by atoms with Crippen molar-refractivity contribution in [2.24, 2.45) is 0 Å². The summed E-state index contributed by atoms with van der Waals surface area (Å²) >= 11 is 0. The third-order valence-electron chi connectivity index (χ3n) is 4.49. The fourth-order valence-electron chi connectivity index (χ4n) is 3.17. The fraction of sp³-hybridized carbons (Fsp3) is 0.278. The zero-order valence-electron chi connectivity index (χ0n) is 14.3. The van der Waals surface area contributed by atoms with E-state index < -0.39 is 11.0 Å². The maximum absolute atomic E-state index is 12.6. The summed E-state index contributed by atoms with van der Waals surface area (Å²) in [6.07, 6.45) is 1.83. The zero-order valence-corrected chi connectivity index (χ0v) is 15.2. The van der Waals surface area contributed by atoms with Gasteiger partial charge >= 0.3 is 0 Å². The van der Waals surface area contributed by atoms with Gasteiger partial charge in [-0.3, -0.25) is 14.9 Å². The molecule has 0 fully saturated rings. The number of fused-ring (bicyclic) bond motifs is 1. The van der Waals surface area contributed by atoms with Gasteiger partial charge in [-0.05, 0) is 43.5 Å². The first-order valence-corrected chi connectivity index (χ1v) is 8.16. The van der Waals surface area contributed by atoms with Crippen LogP contribution in [-0.4, -0.2) is 23.4 Å². The van der Waals surface area contributed by atoms with Crippen molar-refractivity contribution < 1.29 is 9.72 Å². The molecule has 0 aromatic heterocycles. The number of nitrogens with two attached hydrogens (primary N) is 1. The molecule has 1 aliphatic rings. The molecule has 8 heteroatoms. The molecule has 0 radical (unpaired) electrons. The monoisotopic (exact) mass is 376 g/mol. The molecule has 2 aromatic carbocycles. The Balaban J connectivity index is 0.00000243. The van der Waals surface area contributed by atoms with Crippen molar-refractivity contribution in [2.75, 3.05) is 22.5 Å². The van der Waals surface area contributed by atoms with Crippen LogP contribution in [0.15, 0.2) is 42.5 Å². The number of carbonyl (C=O) groups is 1. The normalized spacial score (nSPS) is 14.0. The molecular formula is C18H21ClN4O3. The topological polar surface area (TPSA) is 101 Å². The average molecular weight is 377 g/mol. The fourth-order valence-corrected chi connectivity index (χ4v) is 3.17. The van der Waals surface area contributed by atoms with Crippen LogP contribution in [0.3, 0.4) is 0 Å². The lowest BCUT2D eigenvalue weighted by Crippen LogP contribution is -2.44. The first kappa shape index (κ1) is 19.5. The molecule has 0 spiro atoms. The predicted octanol–water partition coefficient (Wildman–Crippen LogP) is 3.38. The number of hydrogen-bond acceptors (Lipinski definition) is 5. The van der Waals surface area contributed by atoms with E-state index in [1.807, 2.05) is 30.0 Å². The maximum atomic E-state index is 12.6. The molecule has 0 aliphatic carbocycles. The summed E-state index contributed by atoms with van der Waals surface area (Å²) < 4.78 is 0. The van der Waals surface area contributed by atoms with Crippen molar-refractivity contribution in [3.05, 3.63) is 58.1 Å². The van der Waals surface area contributed by atoms with E-state index in [9.17, 15) is 14.9 Å². The number of halogens is 1. The Bertz CT molecular complexity index is 828. The molecular weight excluding hydrogens is 356 g/mol. The third kappa shape index (κ3) is 3.88. The minimum Gasteiger partial charge on any atom is -0.398 e. The summed E-state index contributed by atoms with van der Waals surface area (Å²) in [5, 5.41) is 13.6. The standard InChI is InChI=1S/C18H20N4O3.ClH/c1-12(18(23)20-13-5-2-6-14(11-13)22(24)25)21-10-4-7-15-16(19)8-3-9-17(15)21;/h2-3,5-6,8-9,11-12H,4,7,10,19H2,1H3,(H,20,23);1H. The molecule has 0 bridgehead atoms. The van der Waals surface area contributed by atoms with Crippen molar-refractivity contribution in [3.8, 4) is 0 Å². The van der Waals surface area contributed by atoms with Crippen molar-refractivity contribution in [1.29, 1.82) is 0 Å². The van der Waals surface area contributed by atoms with E-state index in [1.165, 1.54) is 12.1 Å². The number of hydrogen-bond donors (Lipinski definition) is 2. The van der Waals surface area contributed by atoms with E-state index in [2.05, 4.69) is 5.32 Å². The number of carbonyl (C=O) groups excluding carboxylic acids is 1. The Morgan fingerprint density at radius 2 is 2.04 bits per heavy atom. The van der Waals surface area contributed by atoms with Crippen molar-refractivity contribution in [2.45, 2.75) is 25.8 Å². The maximum Gasteiger partial charge on any atom is 0.271 e. The number of benzene rings is 2. The molecule has 1 aliphatic heterocycles. The summed E-state index contributed by atoms with van der Waals surface area (Å²) in [6, 6.07) is 11.3. The first-order chi connectivity index (χ1) is 12.0. The highest BCUT2D eigenvalue weighted by atomic mass is 35.5. The molecule has 1 amide bonds. The average Bonchev–Trinajstić information content (AvgIpc) is 2.61. The van der Waals surface area contributed by atoms with Gasteiger partial charge in [0.25, 0.3) is 5.69 Å². The van der Waals surface area contributed by atoms with Crippen LogP contribution in [-0.2, 0) is 11.2 Å². The van der Waals surface area contributed by atoms with Gasteiger partial charge in [-0.25, -0.2) is 0 Å². The number of non-ortho nitro benzene ring substituents is 1. The molecule has 1 heterocycles. The van der Waals surface area contributed by atoms with E-state index in [-0.39, 0.29) is 24.0 Å². The molecule has 3 rings (SSSR count). The van der Waals surface area contributed by atoms with Crippen LogP contribution in [0.25, 0.3) is 0 Å². The molecule has 0 saturated heterocycles. The summed E-state index contributed by atoms with van der Waals surface area (Å²) in [5.74, 6) is -0.212. The lowest BCUT2D eigenvalue weighted by atomic mass is 9.98. The van der Waals surface area contributed by atoms with E-state index in [0.717, 1.165) is 36.3 Å². The smallest absolute Gasteiger partial charge is 0.271 e. The van der Waals surface area contributed by atoms with Gasteiger partial charge in [0.1, 0.15) is 6.04 Å². The van der Waals surface area contributed by atoms with Gasteiger partial charge in [0.05, 0.1) is 4.92 Å². The van der Waals surface area contributed by atoms with Gasteiger partial charge in [-0.2, -0.15) is 0 Å². The van der Waals surface area contributed by atoms with Crippen LogP contribution < -0.4 is 16.0 Å².